The summed E-state index contributed by atoms with van der Waals surface area (Å²) in [6.45, 7) is 0.627. The van der Waals surface area contributed by atoms with Gasteiger partial charge in [-0.15, -0.1) is 0 Å². The van der Waals surface area contributed by atoms with Crippen molar-refractivity contribution in [1.82, 2.24) is 19.8 Å². The molecule has 0 unspecified atom stereocenters. The van der Waals surface area contributed by atoms with Gasteiger partial charge in [-0.3, -0.25) is 5.43 Å². The van der Waals surface area contributed by atoms with Gasteiger partial charge < -0.3 is 10.3 Å². The molecule has 5 rings (SSSR count). The Morgan fingerprint density at radius 2 is 1.74 bits per heavy atom. The van der Waals surface area contributed by atoms with E-state index in [0.29, 0.717) is 11.6 Å². The first-order chi connectivity index (χ1) is 16.6. The second-order valence-electron chi connectivity index (χ2n) is 7.75. The summed E-state index contributed by atoms with van der Waals surface area (Å²) in [6.07, 6.45) is 5.88. The van der Waals surface area contributed by atoms with Gasteiger partial charge in [0.05, 0.1) is 24.1 Å². The molecular formula is C26H21ClN6S. The minimum Gasteiger partial charge on any atom is -0.375 e. The van der Waals surface area contributed by atoms with Crippen LogP contribution in [0.1, 0.15) is 11.1 Å². The summed E-state index contributed by atoms with van der Waals surface area (Å²) in [7, 11) is 0. The Kier molecular flexibility index (Phi) is 6.12. The second kappa shape index (κ2) is 9.51. The third-order valence-corrected chi connectivity index (χ3v) is 5.81. The molecule has 0 aliphatic carbocycles. The van der Waals surface area contributed by atoms with Crippen molar-refractivity contribution < 1.29 is 0 Å². The van der Waals surface area contributed by atoms with Gasteiger partial charge in [-0.1, -0.05) is 60.1 Å². The van der Waals surface area contributed by atoms with E-state index in [2.05, 4.69) is 39.6 Å². The van der Waals surface area contributed by atoms with E-state index in [1.54, 1.807) is 6.21 Å². The van der Waals surface area contributed by atoms with Crippen LogP contribution in [0.5, 0.6) is 0 Å². The standard InChI is InChI=1S/C26H21ClN6S/c27-21-12-10-18(11-13-21)25-20(17-33(31-25)22-6-2-1-3-7-22)16-32-15-19(14-29-30-26(28)34)23-8-4-5-9-24(23)32/h1-15,17H,16H2,(H3,28,30,34)/b29-14+. The zero-order chi connectivity index (χ0) is 23.5. The average molecular weight is 485 g/mol. The van der Waals surface area contributed by atoms with Gasteiger partial charge in [0.2, 0.25) is 0 Å². The van der Waals surface area contributed by atoms with Gasteiger partial charge in [-0.2, -0.15) is 10.2 Å². The minimum atomic E-state index is 0.126. The molecule has 0 atom stereocenters. The van der Waals surface area contributed by atoms with Crippen LogP contribution in [0.4, 0.5) is 0 Å². The smallest absolute Gasteiger partial charge is 0.184 e. The van der Waals surface area contributed by atoms with Crippen molar-refractivity contribution in [2.24, 2.45) is 10.8 Å². The van der Waals surface area contributed by atoms with E-state index in [4.69, 9.17) is 34.7 Å². The Morgan fingerprint density at radius 3 is 2.50 bits per heavy atom. The number of thiocarbonyl (C=S) groups is 1. The van der Waals surface area contributed by atoms with Crippen LogP contribution in [-0.4, -0.2) is 25.7 Å². The highest BCUT2D eigenvalue weighted by Gasteiger charge is 2.15. The van der Waals surface area contributed by atoms with Crippen molar-refractivity contribution >= 4 is 46.0 Å². The van der Waals surface area contributed by atoms with Gasteiger partial charge >= 0.3 is 0 Å². The molecule has 0 bridgehead atoms. The quantitative estimate of drug-likeness (QED) is 0.193. The Hall–Kier alpha value is -3.94. The minimum absolute atomic E-state index is 0.126. The van der Waals surface area contributed by atoms with Crippen LogP contribution in [0.2, 0.25) is 5.02 Å². The molecule has 5 aromatic rings. The molecule has 0 aliphatic rings. The van der Waals surface area contributed by atoms with Gasteiger partial charge in [0.15, 0.2) is 5.11 Å². The SMILES string of the molecule is NC(=S)N/N=C/c1cn(Cc2cn(-c3ccccc3)nc2-c2ccc(Cl)cc2)c2ccccc12. The fraction of sp³-hybridized carbons (Fsp3) is 0.0385. The number of nitrogens with zero attached hydrogens (tertiary/aromatic N) is 4. The summed E-state index contributed by atoms with van der Waals surface area (Å²) < 4.78 is 4.11. The molecular weight excluding hydrogens is 464 g/mol. The molecule has 6 nitrogen and oxygen atoms in total. The molecule has 2 aromatic heterocycles. The average Bonchev–Trinajstić information content (AvgIpc) is 3.42. The third kappa shape index (κ3) is 4.57. The number of fused-ring (bicyclic) bond motifs is 1. The molecule has 0 fully saturated rings. The Morgan fingerprint density at radius 1 is 1.00 bits per heavy atom. The van der Waals surface area contributed by atoms with Crippen LogP contribution in [-0.2, 0) is 6.54 Å². The first kappa shape index (κ1) is 21.9. The first-order valence-electron chi connectivity index (χ1n) is 10.6. The van der Waals surface area contributed by atoms with E-state index in [9.17, 15) is 0 Å². The predicted molar refractivity (Wildman–Crippen MR) is 143 cm³/mol. The summed E-state index contributed by atoms with van der Waals surface area (Å²) in [6, 6.07) is 26.1. The molecule has 3 N–H and O–H groups in total. The van der Waals surface area contributed by atoms with Gasteiger partial charge in [0, 0.05) is 45.0 Å². The summed E-state index contributed by atoms with van der Waals surface area (Å²) in [5, 5.41) is 11.0. The molecule has 34 heavy (non-hydrogen) atoms. The van der Waals surface area contributed by atoms with Crippen LogP contribution in [0.25, 0.3) is 27.8 Å². The number of rotatable bonds is 6. The second-order valence-corrected chi connectivity index (χ2v) is 8.63. The van der Waals surface area contributed by atoms with Crippen LogP contribution in [0.3, 0.4) is 0 Å². The zero-order valence-corrected chi connectivity index (χ0v) is 19.7. The lowest BCUT2D eigenvalue weighted by molar-refractivity contribution is 0.834. The fourth-order valence-electron chi connectivity index (χ4n) is 3.95. The lowest BCUT2D eigenvalue weighted by atomic mass is 10.1. The van der Waals surface area contributed by atoms with Crippen molar-refractivity contribution in [3.05, 3.63) is 107 Å². The number of halogens is 1. The van der Waals surface area contributed by atoms with Crippen LogP contribution in [0.15, 0.2) is 96.4 Å². The molecule has 0 amide bonds. The molecule has 0 saturated carbocycles. The van der Waals surface area contributed by atoms with Crippen molar-refractivity contribution in [2.45, 2.75) is 6.54 Å². The number of nitrogens with two attached hydrogens (primary N) is 1. The lowest BCUT2D eigenvalue weighted by Crippen LogP contribution is -2.23. The number of nitrogens with one attached hydrogen (secondary N) is 1. The third-order valence-electron chi connectivity index (χ3n) is 5.47. The van der Waals surface area contributed by atoms with Crippen LogP contribution >= 0.6 is 23.8 Å². The molecule has 3 aromatic carbocycles. The largest absolute Gasteiger partial charge is 0.375 e. The van der Waals surface area contributed by atoms with E-state index in [1.165, 1.54) is 0 Å². The fourth-order valence-corrected chi connectivity index (χ4v) is 4.13. The molecule has 0 radical (unpaired) electrons. The highest BCUT2D eigenvalue weighted by molar-refractivity contribution is 7.80. The van der Waals surface area contributed by atoms with Crippen LogP contribution < -0.4 is 11.2 Å². The number of aromatic nitrogens is 3. The lowest BCUT2D eigenvalue weighted by Gasteiger charge is -2.06. The van der Waals surface area contributed by atoms with E-state index < -0.39 is 0 Å². The molecule has 0 spiro atoms. The van der Waals surface area contributed by atoms with Crippen molar-refractivity contribution in [3.8, 4) is 16.9 Å². The monoisotopic (exact) mass is 484 g/mol. The van der Waals surface area contributed by atoms with E-state index in [0.717, 1.165) is 39.0 Å². The highest BCUT2D eigenvalue weighted by atomic mass is 35.5. The molecule has 2 heterocycles. The Labute approximate surface area is 207 Å². The molecule has 0 saturated heterocycles. The Balaban J connectivity index is 1.59. The number of hydrazone groups is 1. The molecule has 0 aliphatic heterocycles. The van der Waals surface area contributed by atoms with E-state index in [-0.39, 0.29) is 5.11 Å². The van der Waals surface area contributed by atoms with Crippen molar-refractivity contribution in [2.75, 3.05) is 0 Å². The topological polar surface area (TPSA) is 73.2 Å². The molecule has 8 heteroatoms. The van der Waals surface area contributed by atoms with Gasteiger partial charge in [0.1, 0.15) is 0 Å². The highest BCUT2D eigenvalue weighted by Crippen LogP contribution is 2.28. The first-order valence-corrected chi connectivity index (χ1v) is 11.4. The van der Waals surface area contributed by atoms with Gasteiger partial charge in [-0.05, 0) is 42.5 Å². The number of hydrogen-bond acceptors (Lipinski definition) is 3. The van der Waals surface area contributed by atoms with Gasteiger partial charge in [-0.25, -0.2) is 4.68 Å². The Bertz CT molecular complexity index is 1490. The van der Waals surface area contributed by atoms with Crippen LogP contribution in [0, 0.1) is 0 Å². The van der Waals surface area contributed by atoms with E-state index >= 15 is 0 Å². The summed E-state index contributed by atoms with van der Waals surface area (Å²) in [5.41, 5.74) is 14.2. The van der Waals surface area contributed by atoms with Gasteiger partial charge in [0.25, 0.3) is 0 Å². The normalized spacial score (nSPS) is 11.3. The summed E-state index contributed by atoms with van der Waals surface area (Å²) in [5.74, 6) is 0. The van der Waals surface area contributed by atoms with Crippen molar-refractivity contribution in [3.63, 3.8) is 0 Å². The number of hydrogen-bond donors (Lipinski definition) is 2. The number of para-hydroxylation sites is 2. The zero-order valence-electron chi connectivity index (χ0n) is 18.1. The summed E-state index contributed by atoms with van der Waals surface area (Å²) >= 11 is 11.0. The maximum atomic E-state index is 6.14. The predicted octanol–water partition coefficient (Wildman–Crippen LogP) is 5.36. The van der Waals surface area contributed by atoms with E-state index in [1.807, 2.05) is 71.4 Å². The maximum Gasteiger partial charge on any atom is 0.184 e. The maximum absolute atomic E-state index is 6.14. The summed E-state index contributed by atoms with van der Waals surface area (Å²) in [4.78, 5) is 0. The number of benzene rings is 3. The van der Waals surface area contributed by atoms with Crippen molar-refractivity contribution in [1.29, 1.82) is 0 Å². The molecule has 168 valence electrons.